The van der Waals surface area contributed by atoms with Crippen molar-refractivity contribution in [1.82, 2.24) is 10.1 Å². The van der Waals surface area contributed by atoms with Gasteiger partial charge in [-0.3, -0.25) is 4.79 Å². The molecule has 1 aromatic heterocycles. The monoisotopic (exact) mass is 457 g/mol. The molecule has 1 heterocycles. The molecule has 0 unspecified atom stereocenters. The molecule has 172 valence electrons. The van der Waals surface area contributed by atoms with Gasteiger partial charge in [0.25, 0.3) is 5.89 Å². The van der Waals surface area contributed by atoms with E-state index in [2.05, 4.69) is 15.5 Å². The number of para-hydroxylation sites is 1. The molecular weight excluding hydrogens is 434 g/mol. The first-order chi connectivity index (χ1) is 16.6. The zero-order valence-corrected chi connectivity index (χ0v) is 18.9. The van der Waals surface area contributed by atoms with Crippen LogP contribution < -0.4 is 19.5 Å². The molecule has 8 heteroatoms. The molecule has 4 rings (SSSR count). The normalized spacial score (nSPS) is 10.8. The number of hydrogen-bond acceptors (Lipinski definition) is 7. The van der Waals surface area contributed by atoms with Crippen LogP contribution in [-0.4, -0.2) is 37.4 Å². The van der Waals surface area contributed by atoms with E-state index in [-0.39, 0.29) is 5.91 Å². The van der Waals surface area contributed by atoms with Gasteiger partial charge in [0.05, 0.1) is 32.6 Å². The minimum Gasteiger partial charge on any atom is -0.493 e. The van der Waals surface area contributed by atoms with Crippen molar-refractivity contribution in [2.75, 3.05) is 26.6 Å². The van der Waals surface area contributed by atoms with Crippen molar-refractivity contribution in [3.05, 3.63) is 78.4 Å². The Morgan fingerprint density at radius 1 is 0.912 bits per heavy atom. The third kappa shape index (κ3) is 4.91. The van der Waals surface area contributed by atoms with Crippen LogP contribution in [0.5, 0.6) is 17.2 Å². The van der Waals surface area contributed by atoms with Gasteiger partial charge in [-0.15, -0.1) is 0 Å². The van der Waals surface area contributed by atoms with Gasteiger partial charge in [0, 0.05) is 11.6 Å². The Bertz CT molecular complexity index is 1290. The highest BCUT2D eigenvalue weighted by Gasteiger charge is 2.15. The lowest BCUT2D eigenvalue weighted by Crippen LogP contribution is -2.08. The van der Waals surface area contributed by atoms with Crippen LogP contribution in [0, 0.1) is 0 Å². The van der Waals surface area contributed by atoms with Crippen molar-refractivity contribution in [1.29, 1.82) is 0 Å². The lowest BCUT2D eigenvalue weighted by Gasteiger charge is -2.12. The molecular formula is C26H23N3O5. The Labute approximate surface area is 196 Å². The Kier molecular flexibility index (Phi) is 6.88. The SMILES string of the molecule is COc1cc(/C=C/C(=O)Nc2ccccc2-c2nc(-c3ccccc3)no2)cc(OC)c1OC. The number of carbonyl (C=O) groups excluding carboxylic acids is 1. The largest absolute Gasteiger partial charge is 0.493 e. The quantitative estimate of drug-likeness (QED) is 0.369. The van der Waals surface area contributed by atoms with Gasteiger partial charge in [-0.1, -0.05) is 47.6 Å². The van der Waals surface area contributed by atoms with Crippen molar-refractivity contribution in [2.24, 2.45) is 0 Å². The molecule has 0 radical (unpaired) electrons. The molecule has 0 saturated carbocycles. The highest BCUT2D eigenvalue weighted by atomic mass is 16.5. The number of amides is 1. The van der Waals surface area contributed by atoms with Gasteiger partial charge in [-0.25, -0.2) is 0 Å². The molecule has 0 aliphatic carbocycles. The van der Waals surface area contributed by atoms with E-state index in [0.29, 0.717) is 45.8 Å². The number of nitrogens with one attached hydrogen (secondary N) is 1. The Hall–Kier alpha value is -4.59. The van der Waals surface area contributed by atoms with Crippen LogP contribution >= 0.6 is 0 Å². The maximum absolute atomic E-state index is 12.7. The smallest absolute Gasteiger partial charge is 0.260 e. The summed E-state index contributed by atoms with van der Waals surface area (Å²) in [5, 5.41) is 6.93. The molecule has 1 N–H and O–H groups in total. The highest BCUT2D eigenvalue weighted by Crippen LogP contribution is 2.38. The average molecular weight is 457 g/mol. The molecule has 1 amide bonds. The number of nitrogens with zero attached hydrogens (tertiary/aromatic N) is 2. The molecule has 8 nitrogen and oxygen atoms in total. The van der Waals surface area contributed by atoms with Gasteiger partial charge in [-0.2, -0.15) is 4.98 Å². The minimum absolute atomic E-state index is 0.309. The van der Waals surface area contributed by atoms with Crippen LogP contribution in [0.25, 0.3) is 28.9 Å². The van der Waals surface area contributed by atoms with Crippen LogP contribution in [0.2, 0.25) is 0 Å². The summed E-state index contributed by atoms with van der Waals surface area (Å²) in [4.78, 5) is 17.2. The van der Waals surface area contributed by atoms with Crippen molar-refractivity contribution >= 4 is 17.7 Å². The number of hydrogen-bond donors (Lipinski definition) is 1. The second-order valence-corrected chi connectivity index (χ2v) is 7.12. The molecule has 34 heavy (non-hydrogen) atoms. The molecule has 0 aliphatic heterocycles. The van der Waals surface area contributed by atoms with E-state index in [0.717, 1.165) is 5.56 Å². The summed E-state index contributed by atoms with van der Waals surface area (Å²) in [5.41, 5.74) is 2.71. The first-order valence-corrected chi connectivity index (χ1v) is 10.4. The number of benzene rings is 3. The second kappa shape index (κ2) is 10.4. The Balaban J connectivity index is 1.54. The molecule has 0 atom stereocenters. The predicted octanol–water partition coefficient (Wildman–Crippen LogP) is 5.08. The van der Waals surface area contributed by atoms with E-state index >= 15 is 0 Å². The minimum atomic E-state index is -0.330. The third-order valence-corrected chi connectivity index (χ3v) is 4.99. The standard InChI is InChI=1S/C26H23N3O5/c1-31-21-15-17(16-22(32-2)24(21)33-3)13-14-23(30)27-20-12-8-7-11-19(20)26-28-25(29-34-26)18-9-5-4-6-10-18/h4-16H,1-3H3,(H,27,30)/b14-13+. The van der Waals surface area contributed by atoms with Crippen molar-refractivity contribution in [3.8, 4) is 40.1 Å². The lowest BCUT2D eigenvalue weighted by atomic mass is 10.1. The molecule has 0 spiro atoms. The first kappa shape index (κ1) is 22.6. The van der Waals surface area contributed by atoms with Gasteiger partial charge < -0.3 is 24.1 Å². The van der Waals surface area contributed by atoms with Crippen LogP contribution in [0.3, 0.4) is 0 Å². The number of carbonyl (C=O) groups is 1. The van der Waals surface area contributed by atoms with Crippen LogP contribution in [0.4, 0.5) is 5.69 Å². The molecule has 0 fully saturated rings. The van der Waals surface area contributed by atoms with E-state index in [4.69, 9.17) is 18.7 Å². The van der Waals surface area contributed by atoms with Crippen LogP contribution in [0.15, 0.2) is 77.3 Å². The van der Waals surface area contributed by atoms with E-state index in [1.807, 2.05) is 42.5 Å². The zero-order chi connectivity index (χ0) is 23.9. The maximum Gasteiger partial charge on any atom is 0.260 e. The molecule has 0 bridgehead atoms. The van der Waals surface area contributed by atoms with Crippen molar-refractivity contribution in [2.45, 2.75) is 0 Å². The lowest BCUT2D eigenvalue weighted by molar-refractivity contribution is -0.111. The van der Waals surface area contributed by atoms with Gasteiger partial charge in [-0.05, 0) is 35.9 Å². The summed E-state index contributed by atoms with van der Waals surface area (Å²) in [5.74, 6) is 1.93. The van der Waals surface area contributed by atoms with Gasteiger partial charge in [0.1, 0.15) is 0 Å². The fourth-order valence-corrected chi connectivity index (χ4v) is 3.36. The van der Waals surface area contributed by atoms with Crippen LogP contribution in [-0.2, 0) is 4.79 Å². The maximum atomic E-state index is 12.7. The summed E-state index contributed by atoms with van der Waals surface area (Å²) < 4.78 is 21.5. The zero-order valence-electron chi connectivity index (χ0n) is 18.9. The van der Waals surface area contributed by atoms with Gasteiger partial charge >= 0.3 is 0 Å². The van der Waals surface area contributed by atoms with E-state index in [1.54, 1.807) is 30.3 Å². The number of aromatic nitrogens is 2. The molecule has 0 aliphatic rings. The molecule has 4 aromatic rings. The van der Waals surface area contributed by atoms with Crippen molar-refractivity contribution in [3.63, 3.8) is 0 Å². The summed E-state index contributed by atoms with van der Waals surface area (Å²) in [6, 6.07) is 20.3. The highest BCUT2D eigenvalue weighted by molar-refractivity contribution is 6.04. The Morgan fingerprint density at radius 2 is 1.59 bits per heavy atom. The second-order valence-electron chi connectivity index (χ2n) is 7.12. The summed E-state index contributed by atoms with van der Waals surface area (Å²) >= 11 is 0. The summed E-state index contributed by atoms with van der Waals surface area (Å²) in [6.45, 7) is 0. The number of methoxy groups -OCH3 is 3. The van der Waals surface area contributed by atoms with E-state index < -0.39 is 0 Å². The Morgan fingerprint density at radius 3 is 2.26 bits per heavy atom. The topological polar surface area (TPSA) is 95.7 Å². The summed E-state index contributed by atoms with van der Waals surface area (Å²) in [7, 11) is 4.61. The predicted molar refractivity (Wildman–Crippen MR) is 129 cm³/mol. The average Bonchev–Trinajstić information content (AvgIpc) is 3.38. The molecule has 3 aromatic carbocycles. The number of ether oxygens (including phenoxy) is 3. The fraction of sp³-hybridized carbons (Fsp3) is 0.115. The number of anilines is 1. The first-order valence-electron chi connectivity index (χ1n) is 10.4. The summed E-state index contributed by atoms with van der Waals surface area (Å²) in [6.07, 6.45) is 3.07. The fourth-order valence-electron chi connectivity index (χ4n) is 3.36. The van der Waals surface area contributed by atoms with E-state index in [1.165, 1.54) is 27.4 Å². The van der Waals surface area contributed by atoms with Gasteiger partial charge in [0.15, 0.2) is 11.5 Å². The van der Waals surface area contributed by atoms with Gasteiger partial charge in [0.2, 0.25) is 17.5 Å². The van der Waals surface area contributed by atoms with E-state index in [9.17, 15) is 4.79 Å². The van der Waals surface area contributed by atoms with Crippen molar-refractivity contribution < 1.29 is 23.5 Å². The van der Waals surface area contributed by atoms with Crippen LogP contribution in [0.1, 0.15) is 5.56 Å². The number of rotatable bonds is 8. The third-order valence-electron chi connectivity index (χ3n) is 4.99. The molecule has 0 saturated heterocycles.